The number of hydrogen-bond donors (Lipinski definition) is 2. The van der Waals surface area contributed by atoms with Gasteiger partial charge in [0.15, 0.2) is 0 Å². The highest BCUT2D eigenvalue weighted by molar-refractivity contribution is 5.37. The average Bonchev–Trinajstić information content (AvgIpc) is 3.51. The molecule has 5 saturated carbocycles. The fraction of sp³-hybridized carbons (Fsp3) is 0.810. The van der Waals surface area contributed by atoms with Crippen LogP contribution in [0.15, 0.2) is 47.1 Å². The maximum atomic E-state index is 10.5. The van der Waals surface area contributed by atoms with Crippen LogP contribution in [-0.4, -0.2) is 22.4 Å². The molecular formula is C42H64O2. The summed E-state index contributed by atoms with van der Waals surface area (Å²) >= 11 is 0. The Hall–Kier alpha value is -1.12. The van der Waals surface area contributed by atoms with Crippen molar-refractivity contribution in [1.29, 1.82) is 0 Å². The summed E-state index contributed by atoms with van der Waals surface area (Å²) in [5, 5.41) is 21.1. The van der Waals surface area contributed by atoms with Crippen molar-refractivity contribution in [2.24, 2.45) is 57.2 Å². The Morgan fingerprint density at radius 2 is 1.27 bits per heavy atom. The van der Waals surface area contributed by atoms with Crippen LogP contribution < -0.4 is 0 Å². The highest BCUT2D eigenvalue weighted by atomic mass is 16.3. The molecule has 2 nitrogen and oxygen atoms in total. The highest BCUT2D eigenvalue weighted by Gasteiger charge is 2.60. The topological polar surface area (TPSA) is 40.5 Å². The third-order valence-corrected chi connectivity index (χ3v) is 16.7. The van der Waals surface area contributed by atoms with E-state index in [0.717, 1.165) is 48.3 Å². The number of allylic oxidation sites excluding steroid dienone is 7. The third kappa shape index (κ3) is 4.45. The zero-order valence-electron chi connectivity index (χ0n) is 29.0. The second-order valence-electron chi connectivity index (χ2n) is 17.8. The van der Waals surface area contributed by atoms with E-state index < -0.39 is 0 Å². The summed E-state index contributed by atoms with van der Waals surface area (Å²) in [4.78, 5) is 0. The van der Waals surface area contributed by atoms with Gasteiger partial charge in [-0.15, -0.1) is 0 Å². The van der Waals surface area contributed by atoms with E-state index in [1.165, 1.54) is 102 Å². The first-order valence-corrected chi connectivity index (χ1v) is 19.1. The molecule has 0 spiro atoms. The molecule has 0 aromatic carbocycles. The average molecular weight is 601 g/mol. The predicted molar refractivity (Wildman–Crippen MR) is 183 cm³/mol. The molecule has 2 N–H and O–H groups in total. The lowest BCUT2D eigenvalue weighted by atomic mass is 9.46. The first-order valence-electron chi connectivity index (χ1n) is 19.1. The van der Waals surface area contributed by atoms with Gasteiger partial charge in [0.25, 0.3) is 0 Å². The van der Waals surface area contributed by atoms with Gasteiger partial charge in [-0.1, -0.05) is 69.2 Å². The number of fused-ring (bicyclic) bond motifs is 10. The van der Waals surface area contributed by atoms with Crippen LogP contribution in [0, 0.1) is 57.2 Å². The molecule has 0 aromatic rings. The monoisotopic (exact) mass is 600 g/mol. The van der Waals surface area contributed by atoms with Crippen LogP contribution >= 0.6 is 0 Å². The Morgan fingerprint density at radius 1 is 0.682 bits per heavy atom. The first kappa shape index (κ1) is 31.5. The van der Waals surface area contributed by atoms with Gasteiger partial charge in [0.2, 0.25) is 0 Å². The van der Waals surface area contributed by atoms with Gasteiger partial charge in [-0.2, -0.15) is 0 Å². The van der Waals surface area contributed by atoms with Gasteiger partial charge in [-0.05, 0) is 179 Å². The molecule has 0 amide bonds. The Morgan fingerprint density at radius 3 is 1.91 bits per heavy atom. The minimum absolute atomic E-state index is 0.0425. The van der Waals surface area contributed by atoms with Gasteiger partial charge in [0.05, 0.1) is 12.2 Å². The molecule has 0 saturated heterocycles. The SMILES string of the molecule is C=C1C=C2CCC3C(CC[C@@]4(C)C3CC[C@@H]4O)[C@@]2(CC)CC1.CC[C@]12CCC(C)=CC1=CCC1C2CC[C@@]2(C)C1CC[C@@H]2O. The molecule has 2 heteroatoms. The van der Waals surface area contributed by atoms with Crippen molar-refractivity contribution >= 4 is 0 Å². The molecular weight excluding hydrogens is 536 g/mol. The minimum Gasteiger partial charge on any atom is -0.393 e. The molecule has 8 rings (SSSR count). The third-order valence-electron chi connectivity index (χ3n) is 16.7. The zero-order chi connectivity index (χ0) is 31.1. The lowest BCUT2D eigenvalue weighted by molar-refractivity contribution is -0.0780. The van der Waals surface area contributed by atoms with E-state index in [4.69, 9.17) is 0 Å². The van der Waals surface area contributed by atoms with Gasteiger partial charge in [0, 0.05) is 0 Å². The molecule has 12 atom stereocenters. The molecule has 8 aliphatic carbocycles. The van der Waals surface area contributed by atoms with Crippen LogP contribution in [0.2, 0.25) is 0 Å². The molecule has 5 fully saturated rings. The molecule has 0 heterocycles. The molecule has 44 heavy (non-hydrogen) atoms. The lowest BCUT2D eigenvalue weighted by Gasteiger charge is -2.59. The van der Waals surface area contributed by atoms with Crippen molar-refractivity contribution in [2.75, 3.05) is 0 Å². The molecule has 0 bridgehead atoms. The summed E-state index contributed by atoms with van der Waals surface area (Å²) in [7, 11) is 0. The fourth-order valence-corrected chi connectivity index (χ4v) is 14.0. The smallest absolute Gasteiger partial charge is 0.0596 e. The van der Waals surface area contributed by atoms with E-state index in [1.54, 1.807) is 16.7 Å². The van der Waals surface area contributed by atoms with Crippen LogP contribution in [-0.2, 0) is 0 Å². The normalized spacial score (nSPS) is 50.7. The summed E-state index contributed by atoms with van der Waals surface area (Å²) in [6, 6.07) is 0. The Kier molecular flexibility index (Phi) is 8.05. The maximum absolute atomic E-state index is 10.5. The van der Waals surface area contributed by atoms with Crippen LogP contribution in [0.5, 0.6) is 0 Å². The second kappa shape index (κ2) is 11.2. The largest absolute Gasteiger partial charge is 0.393 e. The molecule has 0 aliphatic heterocycles. The highest BCUT2D eigenvalue weighted by Crippen LogP contribution is 2.67. The van der Waals surface area contributed by atoms with Crippen LogP contribution in [0.1, 0.15) is 144 Å². The van der Waals surface area contributed by atoms with Crippen molar-refractivity contribution in [3.63, 3.8) is 0 Å². The number of aliphatic hydroxyl groups is 2. The summed E-state index contributed by atoms with van der Waals surface area (Å²) in [5.41, 5.74) is 7.69. The summed E-state index contributed by atoms with van der Waals surface area (Å²) < 4.78 is 0. The van der Waals surface area contributed by atoms with Gasteiger partial charge in [0.1, 0.15) is 0 Å². The summed E-state index contributed by atoms with van der Waals surface area (Å²) in [6.45, 7) is 16.2. The van der Waals surface area contributed by atoms with E-state index in [0.29, 0.717) is 10.8 Å². The molecule has 0 aromatic heterocycles. The van der Waals surface area contributed by atoms with Crippen LogP contribution in [0.25, 0.3) is 0 Å². The Labute approximate surface area is 269 Å². The molecule has 8 aliphatic rings. The predicted octanol–water partition coefficient (Wildman–Crippen LogP) is 10.5. The quantitative estimate of drug-likeness (QED) is 0.331. The number of hydrogen-bond acceptors (Lipinski definition) is 2. The van der Waals surface area contributed by atoms with Crippen molar-refractivity contribution in [3.8, 4) is 0 Å². The van der Waals surface area contributed by atoms with Crippen molar-refractivity contribution in [3.05, 3.63) is 47.1 Å². The van der Waals surface area contributed by atoms with Crippen molar-refractivity contribution in [2.45, 2.75) is 156 Å². The van der Waals surface area contributed by atoms with Gasteiger partial charge >= 0.3 is 0 Å². The van der Waals surface area contributed by atoms with Gasteiger partial charge < -0.3 is 10.2 Å². The Bertz CT molecular complexity index is 1240. The minimum atomic E-state index is -0.0464. The van der Waals surface area contributed by atoms with Gasteiger partial charge in [-0.3, -0.25) is 0 Å². The van der Waals surface area contributed by atoms with Crippen molar-refractivity contribution in [1.82, 2.24) is 0 Å². The summed E-state index contributed by atoms with van der Waals surface area (Å²) in [5.74, 6) is 4.95. The maximum Gasteiger partial charge on any atom is 0.0596 e. The van der Waals surface area contributed by atoms with E-state index in [2.05, 4.69) is 59.4 Å². The molecule has 6 unspecified atom stereocenters. The van der Waals surface area contributed by atoms with E-state index in [-0.39, 0.29) is 23.0 Å². The fourth-order valence-electron chi connectivity index (χ4n) is 14.0. The van der Waals surface area contributed by atoms with E-state index in [1.807, 2.05) is 0 Å². The van der Waals surface area contributed by atoms with Gasteiger partial charge in [-0.25, -0.2) is 0 Å². The first-order chi connectivity index (χ1) is 21.0. The summed E-state index contributed by atoms with van der Waals surface area (Å²) in [6.07, 6.45) is 29.0. The zero-order valence-corrected chi connectivity index (χ0v) is 29.0. The van der Waals surface area contributed by atoms with E-state index >= 15 is 0 Å². The molecule has 244 valence electrons. The molecule has 0 radical (unpaired) electrons. The second-order valence-corrected chi connectivity index (χ2v) is 17.8. The Balaban J connectivity index is 0.000000142. The van der Waals surface area contributed by atoms with Crippen molar-refractivity contribution < 1.29 is 10.2 Å². The number of rotatable bonds is 2. The van der Waals surface area contributed by atoms with Crippen LogP contribution in [0.4, 0.5) is 0 Å². The lowest BCUT2D eigenvalue weighted by Crippen LogP contribution is -2.51. The van der Waals surface area contributed by atoms with E-state index in [9.17, 15) is 10.2 Å². The standard InChI is InChI=1S/2C21H32O/c2*1-4-21-12-9-14(2)13-15(21)5-6-16-17-7-8-19(22)20(17,3)11-10-18(16)21/h5,13,16-19,22H,4,6-12H2,1-3H3;13,16-19,22H,2,4-12H2,1,3H3/t2*16?,17?,18?,19-,20-,21-/m00/s1. The van der Waals surface area contributed by atoms with Crippen LogP contribution in [0.3, 0.4) is 0 Å². The number of aliphatic hydroxyl groups excluding tert-OH is 2.